The third-order valence-corrected chi connectivity index (χ3v) is 2.23. The summed E-state index contributed by atoms with van der Waals surface area (Å²) in [6.07, 6.45) is 3.99. The molecule has 0 bridgehead atoms. The molecule has 0 aliphatic heterocycles. The molecule has 0 aromatic carbocycles. The van der Waals surface area contributed by atoms with Gasteiger partial charge in [0.2, 0.25) is 0 Å². The zero-order chi connectivity index (χ0) is 8.65. The van der Waals surface area contributed by atoms with Gasteiger partial charge in [-0.15, -0.1) is 0 Å². The Kier molecular flexibility index (Phi) is 4.79. The van der Waals surface area contributed by atoms with E-state index in [1.165, 1.54) is 19.2 Å². The Labute approximate surface area is 76.5 Å². The van der Waals surface area contributed by atoms with Crippen LogP contribution in [0.1, 0.15) is 19.8 Å². The maximum Gasteiger partial charge on any atom is 0.184 e. The van der Waals surface area contributed by atoms with Crippen molar-refractivity contribution in [3.05, 3.63) is 6.33 Å². The van der Waals surface area contributed by atoms with E-state index in [1.807, 2.05) is 0 Å². The number of aromatic nitrogens is 3. The lowest BCUT2D eigenvalue weighted by Gasteiger charge is -1.99. The molecule has 0 spiro atoms. The number of nitrogens with zero attached hydrogens (tertiary/aromatic N) is 2. The lowest BCUT2D eigenvalue weighted by Crippen LogP contribution is -2.13. The van der Waals surface area contributed by atoms with E-state index < -0.39 is 0 Å². The van der Waals surface area contributed by atoms with Crippen molar-refractivity contribution in [2.24, 2.45) is 0 Å². The van der Waals surface area contributed by atoms with Gasteiger partial charge in [-0.25, -0.2) is 4.98 Å². The predicted octanol–water partition coefficient (Wildman–Crippen LogP) is 1.24. The average molecular weight is 186 g/mol. The summed E-state index contributed by atoms with van der Waals surface area (Å²) in [6, 6.07) is 0. The van der Waals surface area contributed by atoms with Crippen LogP contribution in [0.2, 0.25) is 0 Å². The molecule has 0 aliphatic carbocycles. The SMILES string of the molecule is CCCCNCSc1ncn[nH]1. The summed E-state index contributed by atoms with van der Waals surface area (Å²) in [4.78, 5) is 3.99. The summed E-state index contributed by atoms with van der Waals surface area (Å²) in [6.45, 7) is 3.27. The van der Waals surface area contributed by atoms with Crippen LogP contribution in [0.15, 0.2) is 11.5 Å². The van der Waals surface area contributed by atoms with E-state index in [0.29, 0.717) is 0 Å². The molecule has 1 rings (SSSR count). The quantitative estimate of drug-likeness (QED) is 0.399. The van der Waals surface area contributed by atoms with Gasteiger partial charge in [0.1, 0.15) is 6.33 Å². The van der Waals surface area contributed by atoms with Crippen molar-refractivity contribution >= 4 is 11.8 Å². The van der Waals surface area contributed by atoms with Gasteiger partial charge in [-0.1, -0.05) is 25.1 Å². The summed E-state index contributed by atoms with van der Waals surface area (Å²) in [7, 11) is 0. The maximum atomic E-state index is 3.99. The summed E-state index contributed by atoms with van der Waals surface area (Å²) in [5.74, 6) is 0.898. The highest BCUT2D eigenvalue weighted by Crippen LogP contribution is 2.07. The third kappa shape index (κ3) is 3.73. The van der Waals surface area contributed by atoms with Crippen molar-refractivity contribution in [1.82, 2.24) is 20.5 Å². The normalized spacial score (nSPS) is 10.4. The first-order valence-corrected chi connectivity index (χ1v) is 5.11. The lowest BCUT2D eigenvalue weighted by molar-refractivity contribution is 0.699. The molecular weight excluding hydrogens is 172 g/mol. The van der Waals surface area contributed by atoms with E-state index in [2.05, 4.69) is 27.4 Å². The molecule has 5 heteroatoms. The van der Waals surface area contributed by atoms with Gasteiger partial charge in [0, 0.05) is 5.88 Å². The summed E-state index contributed by atoms with van der Waals surface area (Å²) < 4.78 is 0. The fourth-order valence-electron chi connectivity index (χ4n) is 0.757. The Hall–Kier alpha value is -0.550. The molecule has 0 aliphatic rings. The number of unbranched alkanes of at least 4 members (excludes halogenated alkanes) is 1. The minimum atomic E-state index is 0.874. The van der Waals surface area contributed by atoms with Gasteiger partial charge in [0.05, 0.1) is 0 Å². The second kappa shape index (κ2) is 6.02. The van der Waals surface area contributed by atoms with Crippen LogP contribution in [0.4, 0.5) is 0 Å². The van der Waals surface area contributed by atoms with Gasteiger partial charge in [0.15, 0.2) is 5.16 Å². The molecule has 12 heavy (non-hydrogen) atoms. The van der Waals surface area contributed by atoms with Crippen LogP contribution >= 0.6 is 11.8 Å². The molecule has 0 saturated carbocycles. The Balaban J connectivity index is 1.96. The molecular formula is C7H14N4S. The van der Waals surface area contributed by atoms with Crippen LogP contribution in [0.5, 0.6) is 0 Å². The molecule has 1 heterocycles. The smallest absolute Gasteiger partial charge is 0.184 e. The highest BCUT2D eigenvalue weighted by molar-refractivity contribution is 7.99. The lowest BCUT2D eigenvalue weighted by atomic mass is 10.3. The van der Waals surface area contributed by atoms with Gasteiger partial charge in [-0.05, 0) is 13.0 Å². The van der Waals surface area contributed by atoms with E-state index in [9.17, 15) is 0 Å². The highest BCUT2D eigenvalue weighted by atomic mass is 32.2. The van der Waals surface area contributed by atoms with Crippen molar-refractivity contribution in [1.29, 1.82) is 0 Å². The first-order valence-electron chi connectivity index (χ1n) is 4.12. The van der Waals surface area contributed by atoms with Crippen LogP contribution in [0, 0.1) is 0 Å². The van der Waals surface area contributed by atoms with Crippen molar-refractivity contribution in [3.8, 4) is 0 Å². The second-order valence-electron chi connectivity index (χ2n) is 2.43. The molecule has 0 amide bonds. The van der Waals surface area contributed by atoms with E-state index in [-0.39, 0.29) is 0 Å². The van der Waals surface area contributed by atoms with Gasteiger partial charge in [-0.2, -0.15) is 5.10 Å². The monoisotopic (exact) mass is 186 g/mol. The standard InChI is InChI=1S/C7H14N4S/c1-2-3-4-8-6-12-7-9-5-10-11-7/h5,8H,2-4,6H2,1H3,(H,9,10,11). The number of nitrogens with one attached hydrogen (secondary N) is 2. The second-order valence-corrected chi connectivity index (χ2v) is 3.40. The Morgan fingerprint density at radius 2 is 2.58 bits per heavy atom. The van der Waals surface area contributed by atoms with E-state index in [1.54, 1.807) is 11.8 Å². The van der Waals surface area contributed by atoms with E-state index in [0.717, 1.165) is 17.6 Å². The molecule has 2 N–H and O–H groups in total. The van der Waals surface area contributed by atoms with Gasteiger partial charge < -0.3 is 5.32 Å². The summed E-state index contributed by atoms with van der Waals surface area (Å²) in [5.41, 5.74) is 0. The minimum absolute atomic E-state index is 0.874. The first-order chi connectivity index (χ1) is 5.93. The van der Waals surface area contributed by atoms with Crippen molar-refractivity contribution < 1.29 is 0 Å². The molecule has 4 nitrogen and oxygen atoms in total. The number of H-pyrrole nitrogens is 1. The zero-order valence-electron chi connectivity index (χ0n) is 7.21. The first kappa shape index (κ1) is 9.54. The molecule has 68 valence electrons. The predicted molar refractivity (Wildman–Crippen MR) is 50.0 cm³/mol. The van der Waals surface area contributed by atoms with Gasteiger partial charge in [0.25, 0.3) is 0 Å². The molecule has 0 radical (unpaired) electrons. The van der Waals surface area contributed by atoms with Gasteiger partial charge in [-0.3, -0.25) is 5.10 Å². The summed E-state index contributed by atoms with van der Waals surface area (Å²) >= 11 is 1.64. The number of thioether (sulfide) groups is 1. The molecule has 0 unspecified atom stereocenters. The number of aromatic amines is 1. The number of hydrogen-bond acceptors (Lipinski definition) is 4. The Bertz CT molecular complexity index is 187. The fourth-order valence-corrected chi connectivity index (χ4v) is 1.38. The molecule has 0 atom stereocenters. The van der Waals surface area contributed by atoms with E-state index >= 15 is 0 Å². The maximum absolute atomic E-state index is 3.99. The fraction of sp³-hybridized carbons (Fsp3) is 0.714. The molecule has 1 aromatic rings. The zero-order valence-corrected chi connectivity index (χ0v) is 8.02. The minimum Gasteiger partial charge on any atom is -0.307 e. The van der Waals surface area contributed by atoms with Crippen LogP contribution in [-0.4, -0.2) is 27.6 Å². The number of hydrogen-bond donors (Lipinski definition) is 2. The van der Waals surface area contributed by atoms with Crippen molar-refractivity contribution in [3.63, 3.8) is 0 Å². The Morgan fingerprint density at radius 1 is 1.67 bits per heavy atom. The van der Waals surface area contributed by atoms with Crippen LogP contribution in [-0.2, 0) is 0 Å². The van der Waals surface area contributed by atoms with Crippen LogP contribution < -0.4 is 5.32 Å². The topological polar surface area (TPSA) is 53.6 Å². The van der Waals surface area contributed by atoms with Crippen molar-refractivity contribution in [2.75, 3.05) is 12.4 Å². The highest BCUT2D eigenvalue weighted by Gasteiger charge is 1.93. The molecule has 0 saturated heterocycles. The van der Waals surface area contributed by atoms with Crippen LogP contribution in [0.25, 0.3) is 0 Å². The van der Waals surface area contributed by atoms with Crippen LogP contribution in [0.3, 0.4) is 0 Å². The molecule has 1 aromatic heterocycles. The van der Waals surface area contributed by atoms with Gasteiger partial charge >= 0.3 is 0 Å². The number of rotatable bonds is 6. The summed E-state index contributed by atoms with van der Waals surface area (Å²) in [5, 5.41) is 10.7. The van der Waals surface area contributed by atoms with E-state index in [4.69, 9.17) is 0 Å². The van der Waals surface area contributed by atoms with Crippen molar-refractivity contribution in [2.45, 2.75) is 24.9 Å². The Morgan fingerprint density at radius 3 is 3.25 bits per heavy atom. The average Bonchev–Trinajstić information content (AvgIpc) is 2.57. The third-order valence-electron chi connectivity index (χ3n) is 1.41. The largest absolute Gasteiger partial charge is 0.307 e. The molecule has 0 fully saturated rings.